The molecule has 0 saturated carbocycles. The van der Waals surface area contributed by atoms with Crippen molar-refractivity contribution in [3.63, 3.8) is 0 Å². The minimum absolute atomic E-state index is 0.128. The number of rotatable bonds is 4. The van der Waals surface area contributed by atoms with E-state index in [1.165, 1.54) is 24.3 Å². The SMILES string of the molecule is O=C(NCc1ccc(Cl)cc1Cl)c1cnn(-c2ccccc2F)c1C(F)(F)F. The van der Waals surface area contributed by atoms with Crippen LogP contribution in [0.1, 0.15) is 21.6 Å². The van der Waals surface area contributed by atoms with E-state index in [4.69, 9.17) is 23.2 Å². The van der Waals surface area contributed by atoms with Crippen molar-refractivity contribution >= 4 is 29.1 Å². The number of para-hydroxylation sites is 1. The summed E-state index contributed by atoms with van der Waals surface area (Å²) in [5, 5.41) is 6.56. The number of alkyl halides is 3. The van der Waals surface area contributed by atoms with Crippen LogP contribution in [0.25, 0.3) is 5.69 Å². The molecule has 1 N–H and O–H groups in total. The van der Waals surface area contributed by atoms with Crippen molar-refractivity contribution in [2.75, 3.05) is 0 Å². The van der Waals surface area contributed by atoms with Crippen molar-refractivity contribution < 1.29 is 22.4 Å². The lowest BCUT2D eigenvalue weighted by Gasteiger charge is -2.13. The van der Waals surface area contributed by atoms with E-state index < -0.39 is 34.8 Å². The van der Waals surface area contributed by atoms with Gasteiger partial charge in [-0.25, -0.2) is 9.07 Å². The number of nitrogens with zero attached hydrogens (tertiary/aromatic N) is 2. The second kappa shape index (κ2) is 7.81. The van der Waals surface area contributed by atoms with E-state index >= 15 is 0 Å². The number of amides is 1. The number of carbonyl (C=O) groups is 1. The molecule has 1 aromatic heterocycles. The van der Waals surface area contributed by atoms with Crippen molar-refractivity contribution in [2.45, 2.75) is 12.7 Å². The Kier molecular flexibility index (Phi) is 5.62. The molecule has 2 aromatic carbocycles. The standard InChI is InChI=1S/C18H11Cl2F4N3O/c19-11-6-5-10(13(20)7-11)8-25-17(28)12-9-26-27(16(12)18(22,23)24)15-4-2-1-3-14(15)21/h1-7,9H,8H2,(H,25,28). The number of hydrogen-bond acceptors (Lipinski definition) is 2. The third-order valence-electron chi connectivity index (χ3n) is 3.82. The van der Waals surface area contributed by atoms with Crippen molar-refractivity contribution in [1.29, 1.82) is 0 Å². The van der Waals surface area contributed by atoms with Crippen molar-refractivity contribution in [3.05, 3.63) is 81.3 Å². The molecule has 4 nitrogen and oxygen atoms in total. The fourth-order valence-corrected chi connectivity index (χ4v) is 3.00. The monoisotopic (exact) mass is 431 g/mol. The molecule has 0 spiro atoms. The molecule has 28 heavy (non-hydrogen) atoms. The molecule has 1 amide bonds. The van der Waals surface area contributed by atoms with E-state index in [2.05, 4.69) is 10.4 Å². The van der Waals surface area contributed by atoms with Gasteiger partial charge in [-0.05, 0) is 29.8 Å². The van der Waals surface area contributed by atoms with Gasteiger partial charge in [-0.3, -0.25) is 4.79 Å². The molecule has 0 unspecified atom stereocenters. The first-order chi connectivity index (χ1) is 13.2. The van der Waals surface area contributed by atoms with Crippen LogP contribution in [-0.4, -0.2) is 15.7 Å². The molecule has 0 aliphatic rings. The van der Waals surface area contributed by atoms with Gasteiger partial charge in [-0.15, -0.1) is 0 Å². The first kappa shape index (κ1) is 20.2. The second-order valence-electron chi connectivity index (χ2n) is 5.69. The lowest BCUT2D eigenvalue weighted by Crippen LogP contribution is -2.26. The number of hydrogen-bond donors (Lipinski definition) is 1. The zero-order valence-electron chi connectivity index (χ0n) is 13.9. The topological polar surface area (TPSA) is 46.9 Å². The zero-order chi connectivity index (χ0) is 20.5. The maximum absolute atomic E-state index is 13.9. The quantitative estimate of drug-likeness (QED) is 0.572. The molecule has 0 atom stereocenters. The summed E-state index contributed by atoms with van der Waals surface area (Å²) in [7, 11) is 0. The third-order valence-corrected chi connectivity index (χ3v) is 4.40. The summed E-state index contributed by atoms with van der Waals surface area (Å²) in [6, 6.07) is 9.35. The molecule has 146 valence electrons. The highest BCUT2D eigenvalue weighted by atomic mass is 35.5. The first-order valence-electron chi connectivity index (χ1n) is 7.80. The van der Waals surface area contributed by atoms with E-state index in [0.29, 0.717) is 15.3 Å². The van der Waals surface area contributed by atoms with Crippen molar-refractivity contribution in [2.24, 2.45) is 0 Å². The lowest BCUT2D eigenvalue weighted by atomic mass is 10.2. The molecule has 10 heteroatoms. The molecule has 0 aliphatic carbocycles. The largest absolute Gasteiger partial charge is 0.434 e. The van der Waals surface area contributed by atoms with Crippen molar-refractivity contribution in [3.8, 4) is 5.69 Å². The average Bonchev–Trinajstić information content (AvgIpc) is 3.06. The van der Waals surface area contributed by atoms with E-state index in [1.54, 1.807) is 6.07 Å². The van der Waals surface area contributed by atoms with Gasteiger partial charge in [0.15, 0.2) is 5.69 Å². The van der Waals surface area contributed by atoms with Gasteiger partial charge in [0.25, 0.3) is 5.91 Å². The Morgan fingerprint density at radius 3 is 2.50 bits per heavy atom. The van der Waals surface area contributed by atoms with E-state index in [-0.39, 0.29) is 11.6 Å². The van der Waals surface area contributed by atoms with E-state index in [1.807, 2.05) is 0 Å². The molecule has 0 saturated heterocycles. The number of aromatic nitrogens is 2. The molecular formula is C18H11Cl2F4N3O. The minimum atomic E-state index is -4.94. The van der Waals surface area contributed by atoms with E-state index in [0.717, 1.165) is 18.3 Å². The van der Waals surface area contributed by atoms with Crippen LogP contribution < -0.4 is 5.32 Å². The number of halogens is 6. The van der Waals surface area contributed by atoms with Crippen LogP contribution in [0.15, 0.2) is 48.7 Å². The predicted molar refractivity (Wildman–Crippen MR) is 96.2 cm³/mol. The first-order valence-corrected chi connectivity index (χ1v) is 8.56. The van der Waals surface area contributed by atoms with Crippen molar-refractivity contribution in [1.82, 2.24) is 15.1 Å². The van der Waals surface area contributed by atoms with Crippen LogP contribution in [0.2, 0.25) is 10.0 Å². The summed E-state index contributed by atoms with van der Waals surface area (Å²) in [6.07, 6.45) is -4.20. The Hall–Kier alpha value is -2.58. The Labute approximate surface area is 166 Å². The highest BCUT2D eigenvalue weighted by molar-refractivity contribution is 6.35. The van der Waals surface area contributed by atoms with Crippen LogP contribution >= 0.6 is 23.2 Å². The Balaban J connectivity index is 1.93. The van der Waals surface area contributed by atoms with Gasteiger partial charge < -0.3 is 5.32 Å². The summed E-state index contributed by atoms with van der Waals surface area (Å²) >= 11 is 11.8. The number of benzene rings is 2. The minimum Gasteiger partial charge on any atom is -0.348 e. The highest BCUT2D eigenvalue weighted by Gasteiger charge is 2.41. The van der Waals surface area contributed by atoms with Gasteiger partial charge in [0, 0.05) is 16.6 Å². The smallest absolute Gasteiger partial charge is 0.348 e. The van der Waals surface area contributed by atoms with Gasteiger partial charge >= 0.3 is 6.18 Å². The Morgan fingerprint density at radius 2 is 1.86 bits per heavy atom. The highest BCUT2D eigenvalue weighted by Crippen LogP contribution is 2.34. The Bertz CT molecular complexity index is 1030. The normalized spacial score (nSPS) is 11.5. The second-order valence-corrected chi connectivity index (χ2v) is 6.53. The molecule has 0 radical (unpaired) electrons. The third kappa shape index (κ3) is 4.13. The van der Waals surface area contributed by atoms with Crippen LogP contribution in [-0.2, 0) is 12.7 Å². The lowest BCUT2D eigenvalue weighted by molar-refractivity contribution is -0.143. The number of carbonyl (C=O) groups excluding carboxylic acids is 1. The molecule has 3 aromatic rings. The van der Waals surface area contributed by atoms with Gasteiger partial charge in [0.1, 0.15) is 11.5 Å². The Morgan fingerprint density at radius 1 is 1.14 bits per heavy atom. The molecule has 0 aliphatic heterocycles. The molecular weight excluding hydrogens is 421 g/mol. The summed E-state index contributed by atoms with van der Waals surface area (Å²) in [6.45, 7) is -0.128. The zero-order valence-corrected chi connectivity index (χ0v) is 15.4. The summed E-state index contributed by atoms with van der Waals surface area (Å²) in [5.74, 6) is -1.93. The van der Waals surface area contributed by atoms with Gasteiger partial charge in [-0.2, -0.15) is 18.3 Å². The molecule has 0 fully saturated rings. The van der Waals surface area contributed by atoms with Gasteiger partial charge in [-0.1, -0.05) is 41.4 Å². The van der Waals surface area contributed by atoms with Crippen LogP contribution in [0.4, 0.5) is 17.6 Å². The van der Waals surface area contributed by atoms with E-state index in [9.17, 15) is 22.4 Å². The van der Waals surface area contributed by atoms with Crippen LogP contribution in [0.5, 0.6) is 0 Å². The van der Waals surface area contributed by atoms with Gasteiger partial charge in [0.2, 0.25) is 0 Å². The average molecular weight is 432 g/mol. The fraction of sp³-hybridized carbons (Fsp3) is 0.111. The summed E-state index contributed by atoms with van der Waals surface area (Å²) < 4.78 is 55.1. The molecule has 1 heterocycles. The van der Waals surface area contributed by atoms with Crippen LogP contribution in [0.3, 0.4) is 0 Å². The predicted octanol–water partition coefficient (Wildman–Crippen LogP) is 5.27. The maximum Gasteiger partial charge on any atom is 0.434 e. The van der Waals surface area contributed by atoms with Gasteiger partial charge in [0.05, 0.1) is 11.8 Å². The fourth-order valence-electron chi connectivity index (χ4n) is 2.53. The number of nitrogens with one attached hydrogen (secondary N) is 1. The maximum atomic E-state index is 13.9. The summed E-state index contributed by atoms with van der Waals surface area (Å²) in [4.78, 5) is 12.4. The molecule has 3 rings (SSSR count). The van der Waals surface area contributed by atoms with Crippen LogP contribution in [0, 0.1) is 5.82 Å². The summed E-state index contributed by atoms with van der Waals surface area (Å²) in [5.41, 5.74) is -2.07. The molecule has 0 bridgehead atoms.